The second-order valence-corrected chi connectivity index (χ2v) is 3.66. The number of aromatic nitrogens is 2. The normalized spacial score (nSPS) is 10.3. The fourth-order valence-electron chi connectivity index (χ4n) is 1.62. The van der Waals surface area contributed by atoms with Crippen molar-refractivity contribution in [3.8, 4) is 5.69 Å². The lowest BCUT2D eigenvalue weighted by molar-refractivity contribution is -0.385. The number of rotatable bonds is 3. The lowest BCUT2D eigenvalue weighted by atomic mass is 10.1. The molecule has 0 aliphatic rings. The second-order valence-electron chi connectivity index (χ2n) is 3.66. The Morgan fingerprint density at radius 2 is 2.22 bits per heavy atom. The van der Waals surface area contributed by atoms with Gasteiger partial charge in [0, 0.05) is 12.3 Å². The summed E-state index contributed by atoms with van der Waals surface area (Å²) in [4.78, 5) is 21.1. The zero-order valence-corrected chi connectivity index (χ0v) is 9.40. The first-order valence-electron chi connectivity index (χ1n) is 5.03. The van der Waals surface area contributed by atoms with Gasteiger partial charge < -0.3 is 5.11 Å². The highest BCUT2D eigenvalue weighted by Gasteiger charge is 2.15. The van der Waals surface area contributed by atoms with Gasteiger partial charge in [0.25, 0.3) is 5.69 Å². The van der Waals surface area contributed by atoms with Crippen LogP contribution in [0.4, 0.5) is 5.69 Å². The minimum absolute atomic E-state index is 0.0279. The Hall–Kier alpha value is -2.70. The van der Waals surface area contributed by atoms with Gasteiger partial charge in [0.2, 0.25) is 0 Å². The third-order valence-electron chi connectivity index (χ3n) is 2.55. The van der Waals surface area contributed by atoms with E-state index >= 15 is 0 Å². The average Bonchev–Trinajstić information content (AvgIpc) is 2.78. The standard InChI is InChI=1S/C11H9N3O4/c1-7-9(3-2-4-10(7)14(17)18)13-6-8(5-12-13)11(15)16/h2-6H,1H3,(H,15,16). The molecule has 0 radical (unpaired) electrons. The van der Waals surface area contributed by atoms with E-state index in [0.29, 0.717) is 11.3 Å². The van der Waals surface area contributed by atoms with E-state index in [1.807, 2.05) is 0 Å². The van der Waals surface area contributed by atoms with Crippen molar-refractivity contribution in [2.75, 3.05) is 0 Å². The van der Waals surface area contributed by atoms with Crippen molar-refractivity contribution >= 4 is 11.7 Å². The maximum atomic E-state index is 10.8. The number of carboxylic acid groups (broad SMARTS) is 1. The first-order chi connectivity index (χ1) is 8.50. The van der Waals surface area contributed by atoms with Gasteiger partial charge in [-0.05, 0) is 13.0 Å². The molecule has 0 saturated heterocycles. The number of benzene rings is 1. The summed E-state index contributed by atoms with van der Waals surface area (Å²) in [7, 11) is 0. The Bertz CT molecular complexity index is 633. The molecular formula is C11H9N3O4. The maximum absolute atomic E-state index is 10.8. The number of nitro groups is 1. The largest absolute Gasteiger partial charge is 0.478 e. The lowest BCUT2D eigenvalue weighted by Crippen LogP contribution is -2.01. The van der Waals surface area contributed by atoms with Crippen LogP contribution < -0.4 is 0 Å². The van der Waals surface area contributed by atoms with Gasteiger partial charge in [0.1, 0.15) is 0 Å². The Balaban J connectivity index is 2.53. The van der Waals surface area contributed by atoms with Gasteiger partial charge in [-0.25, -0.2) is 9.48 Å². The van der Waals surface area contributed by atoms with Crippen molar-refractivity contribution in [1.29, 1.82) is 0 Å². The Kier molecular flexibility index (Phi) is 2.80. The van der Waals surface area contributed by atoms with E-state index < -0.39 is 10.9 Å². The highest BCUT2D eigenvalue weighted by molar-refractivity contribution is 5.87. The topological polar surface area (TPSA) is 98.3 Å². The van der Waals surface area contributed by atoms with E-state index in [1.54, 1.807) is 13.0 Å². The molecule has 7 heteroatoms. The summed E-state index contributed by atoms with van der Waals surface area (Å²) in [6.07, 6.45) is 2.51. The summed E-state index contributed by atoms with van der Waals surface area (Å²) in [5, 5.41) is 23.5. The molecule has 0 bridgehead atoms. The van der Waals surface area contributed by atoms with Gasteiger partial charge in [-0.1, -0.05) is 6.07 Å². The highest BCUT2D eigenvalue weighted by atomic mass is 16.6. The molecule has 0 aliphatic heterocycles. The summed E-state index contributed by atoms with van der Waals surface area (Å²) in [6, 6.07) is 4.56. The second kappa shape index (κ2) is 4.28. The van der Waals surface area contributed by atoms with Crippen LogP contribution in [0.2, 0.25) is 0 Å². The number of hydrogen-bond acceptors (Lipinski definition) is 4. The fourth-order valence-corrected chi connectivity index (χ4v) is 1.62. The minimum atomic E-state index is -1.09. The monoisotopic (exact) mass is 247 g/mol. The summed E-state index contributed by atoms with van der Waals surface area (Å²) in [6.45, 7) is 1.59. The predicted octanol–water partition coefficient (Wildman–Crippen LogP) is 1.79. The van der Waals surface area contributed by atoms with E-state index in [4.69, 9.17) is 5.11 Å². The van der Waals surface area contributed by atoms with Gasteiger partial charge in [0.05, 0.1) is 27.9 Å². The molecule has 0 atom stereocenters. The molecule has 1 aromatic heterocycles. The molecular weight excluding hydrogens is 238 g/mol. The van der Waals surface area contributed by atoms with Crippen molar-refractivity contribution in [2.24, 2.45) is 0 Å². The van der Waals surface area contributed by atoms with E-state index in [0.717, 1.165) is 0 Å². The van der Waals surface area contributed by atoms with Crippen molar-refractivity contribution in [3.63, 3.8) is 0 Å². The van der Waals surface area contributed by atoms with E-state index in [2.05, 4.69) is 5.10 Å². The summed E-state index contributed by atoms with van der Waals surface area (Å²) >= 11 is 0. The van der Waals surface area contributed by atoms with Gasteiger partial charge in [-0.3, -0.25) is 10.1 Å². The molecule has 0 saturated carbocycles. The fraction of sp³-hybridized carbons (Fsp3) is 0.0909. The summed E-state index contributed by atoms with van der Waals surface area (Å²) in [5.41, 5.74) is 0.917. The molecule has 0 aliphatic carbocycles. The first-order valence-corrected chi connectivity index (χ1v) is 5.03. The third-order valence-corrected chi connectivity index (χ3v) is 2.55. The van der Waals surface area contributed by atoms with Crippen LogP contribution in [0.15, 0.2) is 30.6 Å². The number of nitrogens with zero attached hydrogens (tertiary/aromatic N) is 3. The van der Waals surface area contributed by atoms with Crippen LogP contribution in [0.1, 0.15) is 15.9 Å². The van der Waals surface area contributed by atoms with Gasteiger partial charge >= 0.3 is 5.97 Å². The molecule has 0 fully saturated rings. The summed E-state index contributed by atoms with van der Waals surface area (Å²) < 4.78 is 1.31. The van der Waals surface area contributed by atoms with Crippen LogP contribution in [0.5, 0.6) is 0 Å². The average molecular weight is 247 g/mol. The van der Waals surface area contributed by atoms with Crippen LogP contribution in [-0.4, -0.2) is 25.8 Å². The van der Waals surface area contributed by atoms with Crippen molar-refractivity contribution in [1.82, 2.24) is 9.78 Å². The smallest absolute Gasteiger partial charge is 0.338 e. The van der Waals surface area contributed by atoms with Crippen LogP contribution >= 0.6 is 0 Å². The molecule has 18 heavy (non-hydrogen) atoms. The zero-order chi connectivity index (χ0) is 13.3. The lowest BCUT2D eigenvalue weighted by Gasteiger charge is -2.05. The number of nitro benzene ring substituents is 1. The SMILES string of the molecule is Cc1c(-n2cc(C(=O)O)cn2)cccc1[N+](=O)[O-]. The number of carboxylic acids is 1. The minimum Gasteiger partial charge on any atom is -0.478 e. The Labute approximate surface area is 101 Å². The van der Waals surface area contributed by atoms with E-state index in [-0.39, 0.29) is 11.3 Å². The van der Waals surface area contributed by atoms with Crippen LogP contribution in [0, 0.1) is 17.0 Å². The van der Waals surface area contributed by atoms with Crippen LogP contribution in [0.3, 0.4) is 0 Å². The molecule has 0 spiro atoms. The van der Waals surface area contributed by atoms with Crippen molar-refractivity contribution in [3.05, 3.63) is 51.8 Å². The van der Waals surface area contributed by atoms with E-state index in [9.17, 15) is 14.9 Å². The molecule has 1 N–H and O–H groups in total. The van der Waals surface area contributed by atoms with Crippen LogP contribution in [-0.2, 0) is 0 Å². The molecule has 2 rings (SSSR count). The van der Waals surface area contributed by atoms with Crippen molar-refractivity contribution in [2.45, 2.75) is 6.92 Å². The van der Waals surface area contributed by atoms with Gasteiger partial charge in [-0.15, -0.1) is 0 Å². The van der Waals surface area contributed by atoms with Gasteiger partial charge in [-0.2, -0.15) is 5.10 Å². The maximum Gasteiger partial charge on any atom is 0.338 e. The molecule has 0 amide bonds. The van der Waals surface area contributed by atoms with Crippen molar-refractivity contribution < 1.29 is 14.8 Å². The quantitative estimate of drug-likeness (QED) is 0.658. The van der Waals surface area contributed by atoms with Crippen LogP contribution in [0.25, 0.3) is 5.69 Å². The summed E-state index contributed by atoms with van der Waals surface area (Å²) in [5.74, 6) is -1.09. The molecule has 7 nitrogen and oxygen atoms in total. The highest BCUT2D eigenvalue weighted by Crippen LogP contribution is 2.23. The van der Waals surface area contributed by atoms with E-state index in [1.165, 1.54) is 29.2 Å². The van der Waals surface area contributed by atoms with Gasteiger partial charge in [0.15, 0.2) is 0 Å². The number of carbonyl (C=O) groups is 1. The number of hydrogen-bond donors (Lipinski definition) is 1. The Morgan fingerprint density at radius 3 is 2.78 bits per heavy atom. The molecule has 2 aromatic rings. The predicted molar refractivity (Wildman–Crippen MR) is 61.9 cm³/mol. The molecule has 92 valence electrons. The molecule has 1 aromatic carbocycles. The third kappa shape index (κ3) is 1.93. The first kappa shape index (κ1) is 11.8. The Morgan fingerprint density at radius 1 is 1.50 bits per heavy atom. The zero-order valence-electron chi connectivity index (χ0n) is 9.40. The molecule has 1 heterocycles. The number of aromatic carboxylic acids is 1. The molecule has 0 unspecified atom stereocenters.